The smallest absolute Gasteiger partial charge is 0.324 e. The molecule has 2 aromatic carbocycles. The molecule has 1 N–H and O–H groups in total. The summed E-state index contributed by atoms with van der Waals surface area (Å²) in [5, 5.41) is 2.77. The van der Waals surface area contributed by atoms with Gasteiger partial charge in [-0.3, -0.25) is 14.2 Å². The highest BCUT2D eigenvalue weighted by molar-refractivity contribution is 14.1. The molecule has 0 atom stereocenters. The van der Waals surface area contributed by atoms with Crippen LogP contribution < -0.4 is 10.9 Å². The Bertz CT molecular complexity index is 1050. The van der Waals surface area contributed by atoms with Crippen molar-refractivity contribution in [2.24, 2.45) is 0 Å². The Labute approximate surface area is 159 Å². The van der Waals surface area contributed by atoms with Crippen LogP contribution in [0.5, 0.6) is 0 Å². The summed E-state index contributed by atoms with van der Waals surface area (Å²) < 4.78 is 40.0. The number of fused-ring (bicyclic) bond motifs is 1. The third kappa shape index (κ3) is 3.87. The van der Waals surface area contributed by atoms with Gasteiger partial charge in [-0.2, -0.15) is 13.2 Å². The summed E-state index contributed by atoms with van der Waals surface area (Å²) in [6.07, 6.45) is -3.27. The molecule has 0 aliphatic rings. The van der Waals surface area contributed by atoms with Gasteiger partial charge >= 0.3 is 6.18 Å². The monoisotopic (exact) mass is 473 g/mol. The summed E-state index contributed by atoms with van der Waals surface area (Å²) in [7, 11) is 0. The Morgan fingerprint density at radius 3 is 2.65 bits per heavy atom. The molecule has 9 heteroatoms. The van der Waals surface area contributed by atoms with Gasteiger partial charge in [0.15, 0.2) is 0 Å². The van der Waals surface area contributed by atoms with E-state index < -0.39 is 23.2 Å². The van der Waals surface area contributed by atoms with Crippen molar-refractivity contribution in [1.82, 2.24) is 9.55 Å². The molecule has 3 rings (SSSR count). The van der Waals surface area contributed by atoms with Gasteiger partial charge in [-0.15, -0.1) is 0 Å². The van der Waals surface area contributed by atoms with Crippen molar-refractivity contribution in [1.29, 1.82) is 0 Å². The minimum absolute atomic E-state index is 0.0345. The van der Waals surface area contributed by atoms with Gasteiger partial charge in [0.1, 0.15) is 6.54 Å². The van der Waals surface area contributed by atoms with Crippen molar-refractivity contribution in [3.05, 3.63) is 68.3 Å². The fourth-order valence-corrected chi connectivity index (χ4v) is 2.83. The summed E-state index contributed by atoms with van der Waals surface area (Å²) >= 11 is 1.82. The molecule has 1 aromatic heterocycles. The summed E-state index contributed by atoms with van der Waals surface area (Å²) in [5.41, 5.74) is -0.726. The Balaban J connectivity index is 1.84. The zero-order valence-electron chi connectivity index (χ0n) is 13.0. The molecule has 3 aromatic rings. The summed E-state index contributed by atoms with van der Waals surface area (Å²) in [4.78, 5) is 28.7. The molecule has 26 heavy (non-hydrogen) atoms. The second kappa shape index (κ2) is 7.06. The largest absolute Gasteiger partial charge is 0.416 e. The third-order valence-electron chi connectivity index (χ3n) is 3.61. The van der Waals surface area contributed by atoms with Crippen LogP contribution in [0.25, 0.3) is 10.9 Å². The summed E-state index contributed by atoms with van der Waals surface area (Å²) in [6, 6.07) is 9.75. The standard InChI is InChI=1S/C17H11F3IN3O2/c18-17(19,20)10-5-6-12(21)14(7-10)23-15(25)8-24-9-22-13-4-2-1-3-11(13)16(24)26/h1-7,9H,8H2,(H,23,25). The van der Waals surface area contributed by atoms with Gasteiger partial charge in [-0.05, 0) is 52.9 Å². The molecule has 5 nitrogen and oxygen atoms in total. The Hall–Kier alpha value is -2.43. The van der Waals surface area contributed by atoms with Gasteiger partial charge < -0.3 is 5.32 Å². The summed E-state index contributed by atoms with van der Waals surface area (Å²) in [6.45, 7) is -0.358. The fraction of sp³-hybridized carbons (Fsp3) is 0.118. The first-order valence-electron chi connectivity index (χ1n) is 7.36. The highest BCUT2D eigenvalue weighted by Gasteiger charge is 2.31. The highest BCUT2D eigenvalue weighted by atomic mass is 127. The first kappa shape index (κ1) is 18.4. The minimum Gasteiger partial charge on any atom is -0.324 e. The van der Waals surface area contributed by atoms with Crippen molar-refractivity contribution in [3.63, 3.8) is 0 Å². The van der Waals surface area contributed by atoms with E-state index in [1.807, 2.05) is 22.6 Å². The zero-order valence-corrected chi connectivity index (χ0v) is 15.2. The fourth-order valence-electron chi connectivity index (χ4n) is 2.36. The van der Waals surface area contributed by atoms with E-state index in [-0.39, 0.29) is 12.2 Å². The molecule has 0 spiro atoms. The van der Waals surface area contributed by atoms with Crippen LogP contribution in [0.4, 0.5) is 18.9 Å². The molecule has 1 amide bonds. The molecule has 0 saturated carbocycles. The van der Waals surface area contributed by atoms with Crippen LogP contribution in [-0.4, -0.2) is 15.5 Å². The predicted molar refractivity (Wildman–Crippen MR) is 98.8 cm³/mol. The van der Waals surface area contributed by atoms with Gasteiger partial charge in [0.05, 0.1) is 28.5 Å². The number of halogens is 4. The number of hydrogen-bond donors (Lipinski definition) is 1. The first-order chi connectivity index (χ1) is 12.3. The van der Waals surface area contributed by atoms with Crippen LogP contribution in [-0.2, 0) is 17.5 Å². The lowest BCUT2D eigenvalue weighted by atomic mass is 10.2. The predicted octanol–water partition coefficient (Wildman–Crippen LogP) is 3.66. The van der Waals surface area contributed by atoms with Crippen molar-refractivity contribution >= 4 is 45.1 Å². The number of carbonyl (C=O) groups excluding carboxylic acids is 1. The van der Waals surface area contributed by atoms with Crippen molar-refractivity contribution in [2.45, 2.75) is 12.7 Å². The second-order valence-electron chi connectivity index (χ2n) is 5.44. The number of amides is 1. The SMILES string of the molecule is O=C(Cn1cnc2ccccc2c1=O)Nc1cc(C(F)(F)F)ccc1I. The van der Waals surface area contributed by atoms with Crippen molar-refractivity contribution in [2.75, 3.05) is 5.32 Å². The number of nitrogens with one attached hydrogen (secondary N) is 1. The Morgan fingerprint density at radius 2 is 1.92 bits per heavy atom. The quantitative estimate of drug-likeness (QED) is 0.591. The minimum atomic E-state index is -4.51. The number of benzene rings is 2. The second-order valence-corrected chi connectivity index (χ2v) is 6.60. The van der Waals surface area contributed by atoms with Crippen LogP contribution in [0.1, 0.15) is 5.56 Å². The molecule has 0 unspecified atom stereocenters. The number of carbonyl (C=O) groups is 1. The lowest BCUT2D eigenvalue weighted by Gasteiger charge is -2.12. The maximum Gasteiger partial charge on any atom is 0.416 e. The molecular formula is C17H11F3IN3O2. The average Bonchev–Trinajstić information content (AvgIpc) is 2.58. The molecule has 0 radical (unpaired) electrons. The van der Waals surface area contributed by atoms with E-state index >= 15 is 0 Å². The third-order valence-corrected chi connectivity index (χ3v) is 4.55. The first-order valence-corrected chi connectivity index (χ1v) is 8.44. The number of alkyl halides is 3. The van der Waals surface area contributed by atoms with Gasteiger partial charge in [0.2, 0.25) is 5.91 Å². The number of anilines is 1. The van der Waals surface area contributed by atoms with E-state index in [0.29, 0.717) is 14.5 Å². The lowest BCUT2D eigenvalue weighted by Crippen LogP contribution is -2.28. The Morgan fingerprint density at radius 1 is 1.19 bits per heavy atom. The number of rotatable bonds is 3. The molecule has 0 aliphatic carbocycles. The van der Waals surface area contributed by atoms with E-state index in [2.05, 4.69) is 10.3 Å². The van der Waals surface area contributed by atoms with E-state index in [9.17, 15) is 22.8 Å². The number of aromatic nitrogens is 2. The topological polar surface area (TPSA) is 64.0 Å². The van der Waals surface area contributed by atoms with Gasteiger partial charge in [-0.25, -0.2) is 4.98 Å². The van der Waals surface area contributed by atoms with Crippen LogP contribution in [0.2, 0.25) is 0 Å². The van der Waals surface area contributed by atoms with Gasteiger partial charge in [-0.1, -0.05) is 12.1 Å². The molecular weight excluding hydrogens is 462 g/mol. The number of nitrogens with zero attached hydrogens (tertiary/aromatic N) is 2. The van der Waals surface area contributed by atoms with E-state index in [4.69, 9.17) is 0 Å². The van der Waals surface area contributed by atoms with Gasteiger partial charge in [0, 0.05) is 3.57 Å². The molecule has 0 fully saturated rings. The van der Waals surface area contributed by atoms with Crippen LogP contribution in [0.3, 0.4) is 0 Å². The molecule has 134 valence electrons. The van der Waals surface area contributed by atoms with Crippen molar-refractivity contribution in [3.8, 4) is 0 Å². The number of para-hydroxylation sites is 1. The maximum atomic E-state index is 12.8. The van der Waals surface area contributed by atoms with Crippen LogP contribution in [0, 0.1) is 3.57 Å². The molecule has 0 aliphatic heterocycles. The summed E-state index contributed by atoms with van der Waals surface area (Å²) in [5.74, 6) is -0.624. The lowest BCUT2D eigenvalue weighted by molar-refractivity contribution is -0.137. The molecule has 0 saturated heterocycles. The van der Waals surface area contributed by atoms with Crippen molar-refractivity contribution < 1.29 is 18.0 Å². The van der Waals surface area contributed by atoms with Crippen LogP contribution >= 0.6 is 22.6 Å². The zero-order chi connectivity index (χ0) is 18.9. The molecule has 0 bridgehead atoms. The Kier molecular flexibility index (Phi) is 4.99. The average molecular weight is 473 g/mol. The maximum absolute atomic E-state index is 12.8. The number of hydrogen-bond acceptors (Lipinski definition) is 3. The highest BCUT2D eigenvalue weighted by Crippen LogP contribution is 2.32. The van der Waals surface area contributed by atoms with Crippen LogP contribution in [0.15, 0.2) is 53.6 Å². The van der Waals surface area contributed by atoms with E-state index in [0.717, 1.165) is 16.7 Å². The van der Waals surface area contributed by atoms with E-state index in [1.165, 1.54) is 12.4 Å². The van der Waals surface area contributed by atoms with E-state index in [1.54, 1.807) is 24.3 Å². The van der Waals surface area contributed by atoms with Gasteiger partial charge in [0.25, 0.3) is 5.56 Å². The normalized spacial score (nSPS) is 11.5. The molecule has 1 heterocycles.